The highest BCUT2D eigenvalue weighted by molar-refractivity contribution is 7.92. The molecule has 2 aromatic rings. The average Bonchev–Trinajstić information content (AvgIpc) is 2.92. The molecule has 0 unspecified atom stereocenters. The molecule has 0 aliphatic carbocycles. The van der Waals surface area contributed by atoms with Crippen LogP contribution in [0.3, 0.4) is 0 Å². The number of benzene rings is 1. The minimum atomic E-state index is -3.28. The van der Waals surface area contributed by atoms with E-state index in [-0.39, 0.29) is 12.3 Å². The number of carbonyl (C=O) groups excluding carboxylic acids is 1. The van der Waals surface area contributed by atoms with Gasteiger partial charge in [-0.25, -0.2) is 8.42 Å². The molecule has 24 heavy (non-hydrogen) atoms. The highest BCUT2D eigenvalue weighted by atomic mass is 32.2. The molecule has 0 N–H and O–H groups in total. The lowest BCUT2D eigenvalue weighted by Crippen LogP contribution is -2.28. The van der Waals surface area contributed by atoms with Crippen molar-refractivity contribution in [3.8, 4) is 0 Å². The van der Waals surface area contributed by atoms with Crippen LogP contribution in [-0.2, 0) is 34.6 Å². The monoisotopic (exact) mass is 348 g/mol. The highest BCUT2D eigenvalue weighted by Gasteiger charge is 2.19. The smallest absolute Gasteiger partial charge is 0.227 e. The molecule has 0 atom stereocenters. The average molecular weight is 348 g/mol. The Morgan fingerprint density at radius 3 is 2.29 bits per heavy atom. The maximum absolute atomic E-state index is 12.3. The number of carbonyl (C=O) groups is 1. The molecule has 0 saturated carbocycles. The summed E-state index contributed by atoms with van der Waals surface area (Å²) >= 11 is 0. The molecule has 1 amide bonds. The van der Waals surface area contributed by atoms with Crippen LogP contribution in [0, 0.1) is 0 Å². The molecule has 0 fully saturated rings. The first kappa shape index (κ1) is 18.3. The summed E-state index contributed by atoms with van der Waals surface area (Å²) < 4.78 is 26.2. The van der Waals surface area contributed by atoms with Gasteiger partial charge in [-0.15, -0.1) is 0 Å². The topological polar surface area (TPSA) is 59.4 Å². The lowest BCUT2D eigenvalue weighted by atomic mass is 10.1. The van der Waals surface area contributed by atoms with Crippen LogP contribution in [0.15, 0.2) is 47.5 Å². The maximum atomic E-state index is 12.3. The summed E-state index contributed by atoms with van der Waals surface area (Å²) in [6.07, 6.45) is 2.20. The molecule has 1 aromatic carbocycles. The minimum absolute atomic E-state index is 0.00401. The van der Waals surface area contributed by atoms with E-state index in [1.165, 1.54) is 0 Å². The SMILES string of the molecule is CC(C)S(=O)(=O)c1ccc(CC(=O)N(C)Cc2cccn2C)cc1. The Labute approximate surface area is 143 Å². The van der Waals surface area contributed by atoms with E-state index in [9.17, 15) is 13.2 Å². The van der Waals surface area contributed by atoms with Gasteiger partial charge in [-0.2, -0.15) is 0 Å². The Kier molecular flexibility index (Phi) is 5.49. The molecular weight excluding hydrogens is 324 g/mol. The van der Waals surface area contributed by atoms with Gasteiger partial charge in [0.1, 0.15) is 0 Å². The third kappa shape index (κ3) is 4.06. The van der Waals surface area contributed by atoms with Gasteiger partial charge >= 0.3 is 0 Å². The predicted molar refractivity (Wildman–Crippen MR) is 94.4 cm³/mol. The van der Waals surface area contributed by atoms with Gasteiger partial charge < -0.3 is 9.47 Å². The van der Waals surface area contributed by atoms with Crippen LogP contribution in [0.4, 0.5) is 0 Å². The zero-order valence-corrected chi connectivity index (χ0v) is 15.4. The van der Waals surface area contributed by atoms with Gasteiger partial charge in [0.2, 0.25) is 5.91 Å². The molecule has 1 heterocycles. The highest BCUT2D eigenvalue weighted by Crippen LogP contribution is 2.17. The van der Waals surface area contributed by atoms with E-state index < -0.39 is 15.1 Å². The fraction of sp³-hybridized carbons (Fsp3) is 0.389. The summed E-state index contributed by atoms with van der Waals surface area (Å²) in [4.78, 5) is 14.3. The quantitative estimate of drug-likeness (QED) is 0.805. The summed E-state index contributed by atoms with van der Waals surface area (Å²) in [5.41, 5.74) is 1.87. The van der Waals surface area contributed by atoms with Crippen LogP contribution in [0.1, 0.15) is 25.1 Å². The van der Waals surface area contributed by atoms with Gasteiger partial charge in [-0.1, -0.05) is 12.1 Å². The largest absolute Gasteiger partial charge is 0.353 e. The van der Waals surface area contributed by atoms with Crippen molar-refractivity contribution in [2.45, 2.75) is 37.0 Å². The molecule has 0 aliphatic rings. The lowest BCUT2D eigenvalue weighted by Gasteiger charge is -2.18. The predicted octanol–water partition coefficient (Wildman–Crippen LogP) is 2.41. The summed E-state index contributed by atoms with van der Waals surface area (Å²) in [6.45, 7) is 3.86. The molecule has 0 aliphatic heterocycles. The number of nitrogens with zero attached hydrogens (tertiary/aromatic N) is 2. The molecular formula is C18H24N2O3S. The van der Waals surface area contributed by atoms with Gasteiger partial charge in [-0.3, -0.25) is 4.79 Å². The second-order valence-electron chi connectivity index (χ2n) is 6.27. The van der Waals surface area contributed by atoms with Gasteiger partial charge in [0.05, 0.1) is 23.1 Å². The van der Waals surface area contributed by atoms with E-state index in [1.807, 2.05) is 29.9 Å². The Bertz CT molecular complexity index is 805. The number of likely N-dealkylation sites (N-methyl/N-ethyl adjacent to an activating group) is 1. The summed E-state index contributed by atoms with van der Waals surface area (Å²) in [5, 5.41) is -0.457. The van der Waals surface area contributed by atoms with Crippen molar-refractivity contribution in [2.24, 2.45) is 7.05 Å². The molecule has 0 radical (unpaired) electrons. The fourth-order valence-electron chi connectivity index (χ4n) is 2.37. The van der Waals surface area contributed by atoms with Gasteiger partial charge in [0, 0.05) is 26.0 Å². The molecule has 0 bridgehead atoms. The Hall–Kier alpha value is -2.08. The van der Waals surface area contributed by atoms with Gasteiger partial charge in [-0.05, 0) is 43.7 Å². The van der Waals surface area contributed by atoms with Crippen molar-refractivity contribution < 1.29 is 13.2 Å². The molecule has 130 valence electrons. The Morgan fingerprint density at radius 1 is 1.17 bits per heavy atom. The Balaban J connectivity index is 2.03. The van der Waals surface area contributed by atoms with Crippen LogP contribution in [0.25, 0.3) is 0 Å². The zero-order valence-electron chi connectivity index (χ0n) is 14.6. The van der Waals surface area contributed by atoms with Crippen LogP contribution >= 0.6 is 0 Å². The zero-order chi connectivity index (χ0) is 17.9. The van der Waals surface area contributed by atoms with Crippen molar-refractivity contribution in [1.82, 2.24) is 9.47 Å². The second kappa shape index (κ2) is 7.21. The summed E-state index contributed by atoms with van der Waals surface area (Å²) in [7, 11) is 0.441. The number of amides is 1. The van der Waals surface area contributed by atoms with Crippen molar-refractivity contribution >= 4 is 15.7 Å². The first-order valence-electron chi connectivity index (χ1n) is 7.89. The van der Waals surface area contributed by atoms with Gasteiger partial charge in [0.25, 0.3) is 0 Å². The van der Waals surface area contributed by atoms with E-state index in [2.05, 4.69) is 0 Å². The fourth-order valence-corrected chi connectivity index (χ4v) is 3.43. The number of aromatic nitrogens is 1. The van der Waals surface area contributed by atoms with E-state index >= 15 is 0 Å². The maximum Gasteiger partial charge on any atom is 0.227 e. The van der Waals surface area contributed by atoms with Crippen LogP contribution in [0.2, 0.25) is 0 Å². The summed E-state index contributed by atoms with van der Waals surface area (Å²) in [5.74, 6) is -0.00401. The van der Waals surface area contributed by atoms with E-state index in [4.69, 9.17) is 0 Å². The number of hydrogen-bond donors (Lipinski definition) is 0. The van der Waals surface area contributed by atoms with E-state index in [1.54, 1.807) is 50.1 Å². The third-order valence-electron chi connectivity index (χ3n) is 4.10. The van der Waals surface area contributed by atoms with Crippen LogP contribution in [0.5, 0.6) is 0 Å². The normalized spacial score (nSPS) is 11.7. The van der Waals surface area contributed by atoms with Crippen LogP contribution < -0.4 is 0 Å². The molecule has 0 saturated heterocycles. The number of rotatable bonds is 6. The summed E-state index contributed by atoms with van der Waals surface area (Å²) in [6, 6.07) is 10.5. The number of hydrogen-bond acceptors (Lipinski definition) is 3. The first-order valence-corrected chi connectivity index (χ1v) is 9.43. The van der Waals surface area contributed by atoms with Crippen molar-refractivity contribution in [1.29, 1.82) is 0 Å². The number of sulfone groups is 1. The third-order valence-corrected chi connectivity index (χ3v) is 6.27. The van der Waals surface area contributed by atoms with E-state index in [0.29, 0.717) is 11.4 Å². The van der Waals surface area contributed by atoms with Crippen molar-refractivity contribution in [3.63, 3.8) is 0 Å². The van der Waals surface area contributed by atoms with E-state index in [0.717, 1.165) is 11.3 Å². The molecule has 5 nitrogen and oxygen atoms in total. The van der Waals surface area contributed by atoms with Crippen molar-refractivity contribution in [2.75, 3.05) is 7.05 Å². The minimum Gasteiger partial charge on any atom is -0.353 e. The lowest BCUT2D eigenvalue weighted by molar-refractivity contribution is -0.129. The van der Waals surface area contributed by atoms with Crippen LogP contribution in [-0.4, -0.2) is 36.1 Å². The Morgan fingerprint density at radius 2 is 1.79 bits per heavy atom. The molecule has 6 heteroatoms. The van der Waals surface area contributed by atoms with Crippen molar-refractivity contribution in [3.05, 3.63) is 53.9 Å². The van der Waals surface area contributed by atoms with Gasteiger partial charge in [0.15, 0.2) is 9.84 Å². The number of aryl methyl sites for hydroxylation is 1. The standard InChI is InChI=1S/C18H24N2O3S/c1-14(2)24(22,23)17-9-7-15(8-10-17)12-18(21)20(4)13-16-6-5-11-19(16)3/h5-11,14H,12-13H2,1-4H3. The second-order valence-corrected chi connectivity index (χ2v) is 8.78. The molecule has 0 spiro atoms. The molecule has 1 aromatic heterocycles. The molecule has 2 rings (SSSR count). The first-order chi connectivity index (χ1) is 11.2.